The molecule has 3 fully saturated rings. The van der Waals surface area contributed by atoms with Crippen LogP contribution in [0.4, 0.5) is 0 Å². The number of rotatable bonds is 1. The van der Waals surface area contributed by atoms with Gasteiger partial charge in [-0.3, -0.25) is 4.90 Å². The van der Waals surface area contributed by atoms with Crippen LogP contribution in [0.2, 0.25) is 0 Å². The van der Waals surface area contributed by atoms with E-state index in [0.29, 0.717) is 12.6 Å². The fourth-order valence-corrected chi connectivity index (χ4v) is 6.49. The maximum Gasteiger partial charge on any atom is 0.112 e. The molecule has 5 heterocycles. The van der Waals surface area contributed by atoms with Crippen LogP contribution in [-0.4, -0.2) is 48.6 Å². The molecule has 0 aromatic carbocycles. The van der Waals surface area contributed by atoms with Crippen molar-refractivity contribution in [1.82, 2.24) is 9.80 Å². The van der Waals surface area contributed by atoms with Gasteiger partial charge in [0.25, 0.3) is 0 Å². The van der Waals surface area contributed by atoms with Crippen LogP contribution in [0.5, 0.6) is 0 Å². The van der Waals surface area contributed by atoms with Crippen molar-refractivity contribution in [3.8, 4) is 0 Å². The monoisotopic (exact) mass is 406 g/mol. The van der Waals surface area contributed by atoms with Gasteiger partial charge in [0, 0.05) is 30.4 Å². The molecule has 5 aliphatic rings. The summed E-state index contributed by atoms with van der Waals surface area (Å²) in [6.07, 6.45) is 19.6. The molecule has 0 radical (unpaired) electrons. The van der Waals surface area contributed by atoms with Crippen molar-refractivity contribution >= 4 is 0 Å². The number of fused-ring (bicyclic) bond motifs is 1. The third-order valence-corrected chi connectivity index (χ3v) is 7.66. The molecule has 0 saturated carbocycles. The van der Waals surface area contributed by atoms with Crippen molar-refractivity contribution in [2.75, 3.05) is 32.8 Å². The van der Waals surface area contributed by atoms with Gasteiger partial charge in [-0.1, -0.05) is 36.3 Å². The second kappa shape index (κ2) is 8.78. The molecule has 5 aliphatic heterocycles. The summed E-state index contributed by atoms with van der Waals surface area (Å²) in [4.78, 5) is 5.34. The summed E-state index contributed by atoms with van der Waals surface area (Å²) in [5.41, 5.74) is 8.75. The summed E-state index contributed by atoms with van der Waals surface area (Å²) in [5.74, 6) is 0.772. The molecule has 5 rings (SSSR count). The predicted molar refractivity (Wildman–Crippen MR) is 124 cm³/mol. The smallest absolute Gasteiger partial charge is 0.112 e. The van der Waals surface area contributed by atoms with E-state index in [1.54, 1.807) is 5.57 Å². The van der Waals surface area contributed by atoms with Gasteiger partial charge in [0.1, 0.15) is 6.61 Å². The zero-order valence-corrected chi connectivity index (χ0v) is 19.0. The lowest BCUT2D eigenvalue weighted by Crippen LogP contribution is -2.48. The maximum absolute atomic E-state index is 6.23. The molecule has 0 spiro atoms. The van der Waals surface area contributed by atoms with Gasteiger partial charge in [-0.2, -0.15) is 0 Å². The van der Waals surface area contributed by atoms with E-state index in [2.05, 4.69) is 48.1 Å². The SMILES string of the molecule is CC1=C\C2=C3C(=C/OCC(/C=C4/CCCN5CCCC(C)C45)=C/1)/CCCN3CCC2. The first-order valence-electron chi connectivity index (χ1n) is 12.3. The number of ether oxygens (including phenoxy) is 1. The lowest BCUT2D eigenvalue weighted by molar-refractivity contribution is 0.104. The average molecular weight is 407 g/mol. The van der Waals surface area contributed by atoms with Crippen LogP contribution < -0.4 is 0 Å². The molecule has 162 valence electrons. The van der Waals surface area contributed by atoms with Crippen molar-refractivity contribution in [3.05, 3.63) is 58.1 Å². The Morgan fingerprint density at radius 2 is 1.77 bits per heavy atom. The zero-order valence-electron chi connectivity index (χ0n) is 19.0. The van der Waals surface area contributed by atoms with Gasteiger partial charge >= 0.3 is 0 Å². The van der Waals surface area contributed by atoms with Crippen LogP contribution in [0.25, 0.3) is 0 Å². The second-order valence-corrected chi connectivity index (χ2v) is 10.1. The fourth-order valence-electron chi connectivity index (χ4n) is 6.49. The van der Waals surface area contributed by atoms with E-state index in [0.717, 1.165) is 12.3 Å². The minimum Gasteiger partial charge on any atom is -0.496 e. The first-order valence-corrected chi connectivity index (χ1v) is 12.3. The number of hydrogen-bond donors (Lipinski definition) is 0. The molecule has 3 nitrogen and oxygen atoms in total. The van der Waals surface area contributed by atoms with E-state index in [1.165, 1.54) is 99.1 Å². The zero-order chi connectivity index (χ0) is 20.5. The highest BCUT2D eigenvalue weighted by Gasteiger charge is 2.33. The first kappa shape index (κ1) is 20.2. The van der Waals surface area contributed by atoms with Gasteiger partial charge in [-0.05, 0) is 88.4 Å². The molecule has 30 heavy (non-hydrogen) atoms. The molecule has 0 amide bonds. The van der Waals surface area contributed by atoms with E-state index in [9.17, 15) is 0 Å². The predicted octanol–water partition coefficient (Wildman–Crippen LogP) is 5.74. The van der Waals surface area contributed by atoms with Gasteiger partial charge in [-0.15, -0.1) is 0 Å². The summed E-state index contributed by atoms with van der Waals surface area (Å²) in [7, 11) is 0. The standard InChI is InChI=1S/C27H38N2O/c1-20-15-22(17-24-9-5-12-28-11-3-7-21(2)26(24)28)18-30-19-25-10-6-14-29-13-4-8-23(16-20)27(25)29/h15-17,19,21,26H,3-14,18H2,1-2H3/b20-16-,22-15+,24-17-,25-19+. The highest BCUT2D eigenvalue weighted by atomic mass is 16.5. The van der Waals surface area contributed by atoms with Gasteiger partial charge in [0.15, 0.2) is 0 Å². The van der Waals surface area contributed by atoms with E-state index in [-0.39, 0.29) is 0 Å². The Morgan fingerprint density at radius 3 is 2.67 bits per heavy atom. The Morgan fingerprint density at radius 1 is 0.967 bits per heavy atom. The van der Waals surface area contributed by atoms with Crippen molar-refractivity contribution < 1.29 is 4.74 Å². The lowest BCUT2D eigenvalue weighted by Gasteiger charge is -2.45. The summed E-state index contributed by atoms with van der Waals surface area (Å²) < 4.78 is 6.23. The highest BCUT2D eigenvalue weighted by Crippen LogP contribution is 2.37. The summed E-state index contributed by atoms with van der Waals surface area (Å²) in [5, 5.41) is 0. The van der Waals surface area contributed by atoms with Crippen LogP contribution in [-0.2, 0) is 4.74 Å². The Labute approximate surface area is 182 Å². The molecule has 0 aliphatic carbocycles. The Balaban J connectivity index is 1.48. The largest absolute Gasteiger partial charge is 0.496 e. The molecule has 0 bridgehead atoms. The van der Waals surface area contributed by atoms with Gasteiger partial charge in [-0.25, -0.2) is 0 Å². The molecule has 0 aromatic rings. The normalized spacial score (nSPS) is 37.1. The van der Waals surface area contributed by atoms with E-state index in [4.69, 9.17) is 4.74 Å². The number of piperidine rings is 3. The third-order valence-electron chi connectivity index (χ3n) is 7.66. The number of nitrogens with zero attached hydrogens (tertiary/aromatic N) is 2. The van der Waals surface area contributed by atoms with E-state index in [1.807, 2.05) is 0 Å². The van der Waals surface area contributed by atoms with Crippen LogP contribution in [0.1, 0.15) is 65.2 Å². The fraction of sp³-hybridized carbons (Fsp3) is 0.630. The molecular weight excluding hydrogens is 368 g/mol. The third kappa shape index (κ3) is 4.06. The summed E-state index contributed by atoms with van der Waals surface area (Å²) in [6.45, 7) is 10.4. The lowest BCUT2D eigenvalue weighted by atomic mass is 9.80. The minimum absolute atomic E-state index is 0.644. The molecule has 0 aromatic heterocycles. The first-order chi connectivity index (χ1) is 14.7. The van der Waals surface area contributed by atoms with Gasteiger partial charge in [0.2, 0.25) is 0 Å². The molecule has 0 N–H and O–H groups in total. The Bertz CT molecular complexity index is 826. The highest BCUT2D eigenvalue weighted by molar-refractivity contribution is 5.45. The minimum atomic E-state index is 0.644. The van der Waals surface area contributed by atoms with Gasteiger partial charge in [0.05, 0.1) is 6.26 Å². The maximum atomic E-state index is 6.23. The quantitative estimate of drug-likeness (QED) is 0.552. The molecule has 2 unspecified atom stereocenters. The number of hydrogen-bond acceptors (Lipinski definition) is 3. The molecular formula is C27H38N2O. The molecule has 3 heteroatoms. The average Bonchev–Trinajstić information content (AvgIpc) is 2.74. The summed E-state index contributed by atoms with van der Waals surface area (Å²) >= 11 is 0. The van der Waals surface area contributed by atoms with E-state index < -0.39 is 0 Å². The van der Waals surface area contributed by atoms with Crippen molar-refractivity contribution in [2.45, 2.75) is 71.3 Å². The number of allylic oxidation sites excluding steroid dienone is 5. The van der Waals surface area contributed by atoms with Crippen LogP contribution in [0, 0.1) is 5.92 Å². The van der Waals surface area contributed by atoms with Crippen LogP contribution >= 0.6 is 0 Å². The van der Waals surface area contributed by atoms with Gasteiger partial charge < -0.3 is 9.64 Å². The summed E-state index contributed by atoms with van der Waals surface area (Å²) in [6, 6.07) is 0.644. The Hall–Kier alpha value is -1.74. The van der Waals surface area contributed by atoms with Crippen molar-refractivity contribution in [1.29, 1.82) is 0 Å². The van der Waals surface area contributed by atoms with Crippen molar-refractivity contribution in [3.63, 3.8) is 0 Å². The van der Waals surface area contributed by atoms with Crippen molar-refractivity contribution in [2.24, 2.45) is 5.92 Å². The topological polar surface area (TPSA) is 15.7 Å². The van der Waals surface area contributed by atoms with Crippen LogP contribution in [0.3, 0.4) is 0 Å². The molecule has 2 atom stereocenters. The molecule has 3 saturated heterocycles. The van der Waals surface area contributed by atoms with Crippen LogP contribution in [0.15, 0.2) is 58.1 Å². The second-order valence-electron chi connectivity index (χ2n) is 10.1. The Kier molecular flexibility index (Phi) is 5.91. The van der Waals surface area contributed by atoms with E-state index >= 15 is 0 Å².